The summed E-state index contributed by atoms with van der Waals surface area (Å²) in [4.78, 5) is 11.0. The van der Waals surface area contributed by atoms with Gasteiger partial charge in [-0.15, -0.1) is 0 Å². The van der Waals surface area contributed by atoms with Gasteiger partial charge in [-0.3, -0.25) is 4.79 Å². The van der Waals surface area contributed by atoms with E-state index in [0.717, 1.165) is 0 Å². The van der Waals surface area contributed by atoms with Crippen LogP contribution >= 0.6 is 0 Å². The summed E-state index contributed by atoms with van der Waals surface area (Å²) in [5.74, 6) is -0.403. The molecule has 0 fully saturated rings. The largest absolute Gasteiger partial charge is 0.394 e. The van der Waals surface area contributed by atoms with E-state index in [2.05, 4.69) is 5.32 Å². The number of carbonyl (C=O) groups is 1. The lowest BCUT2D eigenvalue weighted by Gasteiger charge is -2.28. The SMILES string of the molecule is CC[CH]C(=O)NC(CO)(CO)CO. The number of amides is 1. The molecule has 0 aliphatic carbocycles. The van der Waals surface area contributed by atoms with Crippen molar-refractivity contribution in [2.75, 3.05) is 19.8 Å². The molecule has 0 rings (SSSR count). The Labute approximate surface area is 77.4 Å². The number of aliphatic hydroxyl groups excluding tert-OH is 3. The van der Waals surface area contributed by atoms with Crippen molar-refractivity contribution in [2.24, 2.45) is 0 Å². The van der Waals surface area contributed by atoms with Gasteiger partial charge in [-0.2, -0.15) is 0 Å². The molecule has 0 aromatic carbocycles. The van der Waals surface area contributed by atoms with Crippen LogP contribution in [0.2, 0.25) is 0 Å². The van der Waals surface area contributed by atoms with Crippen LogP contribution in [0.1, 0.15) is 13.3 Å². The molecule has 0 atom stereocenters. The summed E-state index contributed by atoms with van der Waals surface area (Å²) in [5, 5.41) is 28.9. The summed E-state index contributed by atoms with van der Waals surface area (Å²) in [6.07, 6.45) is 1.93. The third-order valence-corrected chi connectivity index (χ3v) is 1.69. The second kappa shape index (κ2) is 5.90. The molecule has 0 bridgehead atoms. The van der Waals surface area contributed by atoms with Gasteiger partial charge in [0.25, 0.3) is 0 Å². The molecule has 0 aromatic heterocycles. The minimum absolute atomic E-state index is 0.403. The maximum atomic E-state index is 11.0. The Kier molecular flexibility index (Phi) is 5.61. The smallest absolute Gasteiger partial charge is 0.224 e. The van der Waals surface area contributed by atoms with Crippen LogP contribution < -0.4 is 5.32 Å². The quantitative estimate of drug-likeness (QED) is 0.407. The number of nitrogens with one attached hydrogen (secondary N) is 1. The van der Waals surface area contributed by atoms with E-state index in [-0.39, 0.29) is 0 Å². The minimum atomic E-state index is -1.32. The van der Waals surface area contributed by atoms with Crippen molar-refractivity contribution in [2.45, 2.75) is 18.9 Å². The zero-order valence-corrected chi connectivity index (χ0v) is 7.66. The molecule has 77 valence electrons. The fraction of sp³-hybridized carbons (Fsp3) is 0.750. The minimum Gasteiger partial charge on any atom is -0.394 e. The highest BCUT2D eigenvalue weighted by molar-refractivity contribution is 5.85. The van der Waals surface area contributed by atoms with Crippen molar-refractivity contribution < 1.29 is 20.1 Å². The van der Waals surface area contributed by atoms with Crippen LogP contribution in [0.5, 0.6) is 0 Å². The predicted molar refractivity (Wildman–Crippen MR) is 46.7 cm³/mol. The zero-order chi connectivity index (χ0) is 10.3. The lowest BCUT2D eigenvalue weighted by atomic mass is 10.0. The summed E-state index contributed by atoms with van der Waals surface area (Å²) in [5.41, 5.74) is -1.32. The molecule has 4 N–H and O–H groups in total. The molecule has 0 heterocycles. The summed E-state index contributed by atoms with van der Waals surface area (Å²) in [7, 11) is 0. The highest BCUT2D eigenvalue weighted by Crippen LogP contribution is 2.02. The molecule has 0 saturated carbocycles. The van der Waals surface area contributed by atoms with Crippen molar-refractivity contribution in [3.8, 4) is 0 Å². The molecule has 1 radical (unpaired) electrons. The molecule has 13 heavy (non-hydrogen) atoms. The molecule has 0 spiro atoms. The van der Waals surface area contributed by atoms with Crippen molar-refractivity contribution in [1.29, 1.82) is 0 Å². The molecule has 5 heteroatoms. The first-order chi connectivity index (χ1) is 6.14. The first-order valence-corrected chi connectivity index (χ1v) is 4.12. The maximum Gasteiger partial charge on any atom is 0.224 e. The van der Waals surface area contributed by atoms with Gasteiger partial charge in [0.2, 0.25) is 5.91 Å². The second-order valence-corrected chi connectivity index (χ2v) is 2.86. The van der Waals surface area contributed by atoms with E-state index in [4.69, 9.17) is 15.3 Å². The summed E-state index contributed by atoms with van der Waals surface area (Å²) in [6.45, 7) is 0.300. The van der Waals surface area contributed by atoms with Gasteiger partial charge < -0.3 is 20.6 Å². The molecule has 1 amide bonds. The van der Waals surface area contributed by atoms with E-state index < -0.39 is 31.3 Å². The summed E-state index contributed by atoms with van der Waals surface area (Å²) in [6, 6.07) is 0. The Bertz CT molecular complexity index is 148. The lowest BCUT2D eigenvalue weighted by molar-refractivity contribution is -0.122. The summed E-state index contributed by atoms with van der Waals surface area (Å²) >= 11 is 0. The van der Waals surface area contributed by atoms with Gasteiger partial charge in [0.15, 0.2) is 0 Å². The predicted octanol–water partition coefficient (Wildman–Crippen LogP) is -1.57. The Morgan fingerprint density at radius 3 is 2.08 bits per heavy atom. The van der Waals surface area contributed by atoms with Crippen molar-refractivity contribution in [3.63, 3.8) is 0 Å². The normalized spacial score (nSPS) is 11.4. The third-order valence-electron chi connectivity index (χ3n) is 1.69. The van der Waals surface area contributed by atoms with Crippen LogP contribution in [0.4, 0.5) is 0 Å². The van der Waals surface area contributed by atoms with E-state index in [1.807, 2.05) is 0 Å². The molecule has 0 aliphatic heterocycles. The van der Waals surface area contributed by atoms with Gasteiger partial charge in [0, 0.05) is 6.42 Å². The van der Waals surface area contributed by atoms with Gasteiger partial charge in [0.05, 0.1) is 19.8 Å². The average Bonchev–Trinajstić information content (AvgIpc) is 2.15. The Balaban J connectivity index is 4.16. The van der Waals surface area contributed by atoms with Crippen LogP contribution in [0, 0.1) is 6.42 Å². The van der Waals surface area contributed by atoms with Crippen LogP contribution in [-0.2, 0) is 4.79 Å². The average molecular weight is 190 g/mol. The Morgan fingerprint density at radius 2 is 1.77 bits per heavy atom. The maximum absolute atomic E-state index is 11.0. The lowest BCUT2D eigenvalue weighted by Crippen LogP contribution is -2.57. The molecular formula is C8H16NO4. The van der Waals surface area contributed by atoms with Crippen LogP contribution in [0.15, 0.2) is 0 Å². The van der Waals surface area contributed by atoms with Gasteiger partial charge in [-0.05, 0) is 6.42 Å². The molecule has 5 nitrogen and oxygen atoms in total. The number of hydrogen-bond donors (Lipinski definition) is 4. The van der Waals surface area contributed by atoms with E-state index in [1.54, 1.807) is 6.92 Å². The van der Waals surface area contributed by atoms with E-state index in [9.17, 15) is 4.79 Å². The highest BCUT2D eigenvalue weighted by Gasteiger charge is 2.29. The molecule has 0 saturated heterocycles. The van der Waals surface area contributed by atoms with Crippen LogP contribution in [0.3, 0.4) is 0 Å². The molecule has 0 aliphatic rings. The fourth-order valence-electron chi connectivity index (χ4n) is 0.766. The van der Waals surface area contributed by atoms with Gasteiger partial charge in [-0.25, -0.2) is 0 Å². The molecule has 0 unspecified atom stereocenters. The van der Waals surface area contributed by atoms with Crippen molar-refractivity contribution >= 4 is 5.91 Å². The van der Waals surface area contributed by atoms with Crippen LogP contribution in [-0.4, -0.2) is 46.6 Å². The van der Waals surface area contributed by atoms with Crippen molar-refractivity contribution in [1.82, 2.24) is 5.32 Å². The highest BCUT2D eigenvalue weighted by atomic mass is 16.3. The second-order valence-electron chi connectivity index (χ2n) is 2.86. The molecular weight excluding hydrogens is 174 g/mol. The van der Waals surface area contributed by atoms with Crippen LogP contribution in [0.25, 0.3) is 0 Å². The zero-order valence-electron chi connectivity index (χ0n) is 7.66. The van der Waals surface area contributed by atoms with Gasteiger partial charge in [0.1, 0.15) is 5.54 Å². The van der Waals surface area contributed by atoms with Gasteiger partial charge in [-0.1, -0.05) is 6.92 Å². The number of carbonyl (C=O) groups excluding carboxylic acids is 1. The standard InChI is InChI=1S/C8H16NO4/c1-2-3-7(13)9-8(4-10,5-11)6-12/h3,10-12H,2,4-6H2,1H3,(H,9,13). The number of aliphatic hydroxyl groups is 3. The van der Waals surface area contributed by atoms with E-state index in [0.29, 0.717) is 6.42 Å². The first-order valence-electron chi connectivity index (χ1n) is 4.12. The summed E-state index contributed by atoms with van der Waals surface area (Å²) < 4.78 is 0. The van der Waals surface area contributed by atoms with E-state index >= 15 is 0 Å². The van der Waals surface area contributed by atoms with Crippen molar-refractivity contribution in [3.05, 3.63) is 6.42 Å². The molecule has 0 aromatic rings. The Hall–Kier alpha value is -0.650. The van der Waals surface area contributed by atoms with E-state index in [1.165, 1.54) is 6.42 Å². The fourth-order valence-corrected chi connectivity index (χ4v) is 0.766. The number of rotatable bonds is 6. The Morgan fingerprint density at radius 1 is 1.31 bits per heavy atom. The topological polar surface area (TPSA) is 89.8 Å². The third kappa shape index (κ3) is 3.71. The van der Waals surface area contributed by atoms with Gasteiger partial charge >= 0.3 is 0 Å². The first kappa shape index (κ1) is 12.3. The number of hydrogen-bond acceptors (Lipinski definition) is 4. The monoisotopic (exact) mass is 190 g/mol.